The molecule has 0 aliphatic heterocycles. The van der Waals surface area contributed by atoms with Crippen LogP contribution >= 0.6 is 0 Å². The minimum atomic E-state index is 0.652. The van der Waals surface area contributed by atoms with Gasteiger partial charge in [0, 0.05) is 5.56 Å². The van der Waals surface area contributed by atoms with Gasteiger partial charge in [-0.1, -0.05) is 35.5 Å². The third-order valence-corrected chi connectivity index (χ3v) is 2.87. The molecule has 0 unspecified atom stereocenters. The van der Waals surface area contributed by atoms with E-state index >= 15 is 0 Å². The smallest absolute Gasteiger partial charge is 0.241 e. The van der Waals surface area contributed by atoms with Gasteiger partial charge in [0.05, 0.1) is 6.54 Å². The number of rotatable bonds is 7. The number of nitrogens with one attached hydrogen (secondary N) is 1. The quantitative estimate of drug-likeness (QED) is 0.769. The van der Waals surface area contributed by atoms with E-state index in [-0.39, 0.29) is 0 Å². The maximum atomic E-state index is 5.28. The van der Waals surface area contributed by atoms with Gasteiger partial charge >= 0.3 is 0 Å². The summed E-state index contributed by atoms with van der Waals surface area (Å²) < 4.78 is 5.28. The summed E-state index contributed by atoms with van der Waals surface area (Å²) >= 11 is 0. The lowest BCUT2D eigenvalue weighted by Crippen LogP contribution is -2.22. The predicted molar refractivity (Wildman–Crippen MR) is 74.6 cm³/mol. The van der Waals surface area contributed by atoms with Crippen LogP contribution in [0.5, 0.6) is 0 Å². The Hall–Kier alpha value is -1.72. The van der Waals surface area contributed by atoms with Crippen LogP contribution in [-0.4, -0.2) is 42.2 Å². The van der Waals surface area contributed by atoms with Crippen molar-refractivity contribution in [3.8, 4) is 11.4 Å². The van der Waals surface area contributed by atoms with E-state index < -0.39 is 0 Å². The first-order valence-electron chi connectivity index (χ1n) is 6.50. The van der Waals surface area contributed by atoms with Crippen molar-refractivity contribution < 1.29 is 4.52 Å². The summed E-state index contributed by atoms with van der Waals surface area (Å²) in [6.45, 7) is 2.71. The third-order valence-electron chi connectivity index (χ3n) is 2.87. The van der Waals surface area contributed by atoms with Crippen molar-refractivity contribution in [3.05, 3.63) is 36.2 Å². The highest BCUT2D eigenvalue weighted by Gasteiger charge is 2.10. The van der Waals surface area contributed by atoms with Gasteiger partial charge in [0.15, 0.2) is 0 Å². The van der Waals surface area contributed by atoms with Crippen LogP contribution in [0.2, 0.25) is 0 Å². The first kappa shape index (κ1) is 13.7. The Morgan fingerprint density at radius 3 is 2.79 bits per heavy atom. The molecule has 0 saturated heterocycles. The van der Waals surface area contributed by atoms with Gasteiger partial charge in [0.1, 0.15) is 0 Å². The van der Waals surface area contributed by atoms with E-state index in [1.54, 1.807) is 0 Å². The van der Waals surface area contributed by atoms with Gasteiger partial charge in [-0.05, 0) is 33.6 Å². The number of aromatic nitrogens is 2. The summed E-state index contributed by atoms with van der Waals surface area (Å²) in [5, 5.41) is 7.15. The monoisotopic (exact) mass is 260 g/mol. The van der Waals surface area contributed by atoms with Gasteiger partial charge in [0.25, 0.3) is 0 Å². The molecule has 0 radical (unpaired) electrons. The van der Waals surface area contributed by atoms with Crippen molar-refractivity contribution >= 4 is 0 Å². The zero-order chi connectivity index (χ0) is 13.5. The van der Waals surface area contributed by atoms with Crippen LogP contribution in [0.3, 0.4) is 0 Å². The van der Waals surface area contributed by atoms with E-state index in [0.717, 1.165) is 25.1 Å². The second-order valence-electron chi connectivity index (χ2n) is 4.57. The molecule has 19 heavy (non-hydrogen) atoms. The van der Waals surface area contributed by atoms with Gasteiger partial charge in [-0.25, -0.2) is 0 Å². The standard InChI is InChI=1S/C14H20N4O/c1-15-9-6-10-18(2)11-13-16-14(17-19-13)12-7-4-3-5-8-12/h3-5,7-8,15H,6,9-11H2,1-2H3. The average molecular weight is 260 g/mol. The number of hydrogen-bond acceptors (Lipinski definition) is 5. The zero-order valence-electron chi connectivity index (χ0n) is 11.5. The van der Waals surface area contributed by atoms with E-state index in [2.05, 4.69) is 27.4 Å². The van der Waals surface area contributed by atoms with Gasteiger partial charge in [0.2, 0.25) is 11.7 Å². The first-order valence-corrected chi connectivity index (χ1v) is 6.50. The van der Waals surface area contributed by atoms with Crippen LogP contribution < -0.4 is 5.32 Å². The van der Waals surface area contributed by atoms with Crippen LogP contribution in [0, 0.1) is 0 Å². The molecule has 0 atom stereocenters. The second kappa shape index (κ2) is 7.01. The topological polar surface area (TPSA) is 54.2 Å². The molecule has 0 bridgehead atoms. The minimum Gasteiger partial charge on any atom is -0.338 e. The summed E-state index contributed by atoms with van der Waals surface area (Å²) in [4.78, 5) is 6.59. The highest BCUT2D eigenvalue weighted by atomic mass is 16.5. The molecule has 0 saturated carbocycles. The third kappa shape index (κ3) is 4.15. The fraction of sp³-hybridized carbons (Fsp3) is 0.429. The molecule has 0 aliphatic rings. The SMILES string of the molecule is CNCCCN(C)Cc1nc(-c2ccccc2)no1. The maximum Gasteiger partial charge on any atom is 0.241 e. The molecular weight excluding hydrogens is 240 g/mol. The largest absolute Gasteiger partial charge is 0.338 e. The molecule has 2 rings (SSSR count). The van der Waals surface area contributed by atoms with Crippen molar-refractivity contribution in [2.24, 2.45) is 0 Å². The Bertz CT molecular complexity index is 483. The highest BCUT2D eigenvalue weighted by molar-refractivity contribution is 5.53. The molecule has 1 aromatic heterocycles. The molecule has 0 spiro atoms. The molecule has 1 heterocycles. The Morgan fingerprint density at radius 2 is 2.05 bits per heavy atom. The maximum absolute atomic E-state index is 5.28. The van der Waals surface area contributed by atoms with Crippen molar-refractivity contribution in [1.29, 1.82) is 0 Å². The van der Waals surface area contributed by atoms with Crippen LogP contribution in [0.15, 0.2) is 34.9 Å². The van der Waals surface area contributed by atoms with Crippen LogP contribution in [0.25, 0.3) is 11.4 Å². The van der Waals surface area contributed by atoms with Crippen molar-refractivity contribution in [2.45, 2.75) is 13.0 Å². The molecule has 0 fully saturated rings. The van der Waals surface area contributed by atoms with Gasteiger partial charge in [-0.15, -0.1) is 0 Å². The van der Waals surface area contributed by atoms with Crippen LogP contribution in [-0.2, 0) is 6.54 Å². The average Bonchev–Trinajstić information content (AvgIpc) is 2.88. The molecule has 102 valence electrons. The van der Waals surface area contributed by atoms with Gasteiger partial charge < -0.3 is 9.84 Å². The Labute approximate surface area is 113 Å². The number of benzene rings is 1. The lowest BCUT2D eigenvalue weighted by Gasteiger charge is -2.13. The van der Waals surface area contributed by atoms with Crippen molar-refractivity contribution in [3.63, 3.8) is 0 Å². The molecule has 5 heteroatoms. The van der Waals surface area contributed by atoms with E-state index in [9.17, 15) is 0 Å². The normalized spacial score (nSPS) is 11.1. The van der Waals surface area contributed by atoms with E-state index in [1.807, 2.05) is 37.4 Å². The predicted octanol–water partition coefficient (Wildman–Crippen LogP) is 1.78. The Morgan fingerprint density at radius 1 is 1.26 bits per heavy atom. The second-order valence-corrected chi connectivity index (χ2v) is 4.57. The first-order chi connectivity index (χ1) is 9.29. The summed E-state index contributed by atoms with van der Waals surface area (Å²) in [5.74, 6) is 1.31. The lowest BCUT2D eigenvalue weighted by molar-refractivity contribution is 0.264. The molecule has 5 nitrogen and oxygen atoms in total. The van der Waals surface area contributed by atoms with E-state index in [1.165, 1.54) is 0 Å². The Kier molecular flexibility index (Phi) is 5.06. The summed E-state index contributed by atoms with van der Waals surface area (Å²) in [6, 6.07) is 9.86. The van der Waals surface area contributed by atoms with E-state index in [4.69, 9.17) is 4.52 Å². The molecule has 0 amide bonds. The molecule has 1 N–H and O–H groups in total. The highest BCUT2D eigenvalue weighted by Crippen LogP contribution is 2.15. The fourth-order valence-electron chi connectivity index (χ4n) is 1.86. The lowest BCUT2D eigenvalue weighted by atomic mass is 10.2. The van der Waals surface area contributed by atoms with Crippen molar-refractivity contribution in [1.82, 2.24) is 20.4 Å². The van der Waals surface area contributed by atoms with Crippen LogP contribution in [0.4, 0.5) is 0 Å². The molecule has 1 aromatic carbocycles. The van der Waals surface area contributed by atoms with Crippen molar-refractivity contribution in [2.75, 3.05) is 27.2 Å². The summed E-state index contributed by atoms with van der Waals surface area (Å²) in [6.07, 6.45) is 1.10. The fourth-order valence-corrected chi connectivity index (χ4v) is 1.86. The molecule has 0 aliphatic carbocycles. The summed E-state index contributed by atoms with van der Waals surface area (Å²) in [5.41, 5.74) is 0.982. The number of hydrogen-bond donors (Lipinski definition) is 1. The van der Waals surface area contributed by atoms with Crippen LogP contribution in [0.1, 0.15) is 12.3 Å². The van der Waals surface area contributed by atoms with E-state index in [0.29, 0.717) is 18.3 Å². The Balaban J connectivity index is 1.91. The van der Waals surface area contributed by atoms with Gasteiger partial charge in [-0.3, -0.25) is 4.90 Å². The zero-order valence-corrected chi connectivity index (χ0v) is 11.5. The molecular formula is C14H20N4O. The molecule has 2 aromatic rings. The number of nitrogens with zero attached hydrogens (tertiary/aromatic N) is 3. The summed E-state index contributed by atoms with van der Waals surface area (Å²) in [7, 11) is 4.02. The minimum absolute atomic E-state index is 0.652. The van der Waals surface area contributed by atoms with Gasteiger partial charge in [-0.2, -0.15) is 4.98 Å².